The number of methoxy groups -OCH3 is 1. The molecule has 0 atom stereocenters. The molecule has 92 valence electrons. The molecule has 0 saturated heterocycles. The summed E-state index contributed by atoms with van der Waals surface area (Å²) in [6, 6.07) is 0. The van der Waals surface area contributed by atoms with Crippen LogP contribution in [0.25, 0.3) is 6.08 Å². The maximum absolute atomic E-state index is 11.8. The van der Waals surface area contributed by atoms with Crippen LogP contribution in [0.2, 0.25) is 0 Å². The molecule has 0 unspecified atom stereocenters. The van der Waals surface area contributed by atoms with Gasteiger partial charge in [0.05, 0.1) is 12.7 Å². The average Bonchev–Trinajstić information content (AvgIpc) is 2.33. The molecule has 6 heteroatoms. The largest absolute Gasteiger partial charge is 0.466 e. The lowest BCUT2D eigenvalue weighted by Crippen LogP contribution is -2.39. The average molecular weight is 238 g/mol. The van der Waals surface area contributed by atoms with Crippen LogP contribution < -0.4 is 11.2 Å². The molecule has 17 heavy (non-hydrogen) atoms. The van der Waals surface area contributed by atoms with E-state index in [4.69, 9.17) is 0 Å². The number of carbonyl (C=O) groups excluding carboxylic acids is 1. The van der Waals surface area contributed by atoms with Crippen molar-refractivity contribution in [3.05, 3.63) is 38.2 Å². The third-order valence-corrected chi connectivity index (χ3v) is 2.59. The summed E-state index contributed by atoms with van der Waals surface area (Å²) in [5, 5.41) is 0. The van der Waals surface area contributed by atoms with Crippen molar-refractivity contribution in [1.29, 1.82) is 0 Å². The van der Waals surface area contributed by atoms with Crippen molar-refractivity contribution in [3.8, 4) is 0 Å². The fourth-order valence-electron chi connectivity index (χ4n) is 1.38. The first-order valence-electron chi connectivity index (χ1n) is 4.92. The predicted octanol–water partition coefficient (Wildman–Crippen LogP) is -0.421. The minimum Gasteiger partial charge on any atom is -0.466 e. The van der Waals surface area contributed by atoms with Gasteiger partial charge in [-0.3, -0.25) is 9.36 Å². The van der Waals surface area contributed by atoms with Gasteiger partial charge in [0, 0.05) is 25.9 Å². The van der Waals surface area contributed by atoms with Crippen molar-refractivity contribution in [2.45, 2.75) is 6.92 Å². The van der Waals surface area contributed by atoms with Crippen LogP contribution in [-0.4, -0.2) is 22.2 Å². The molecule has 0 N–H and O–H groups in total. The zero-order valence-electron chi connectivity index (χ0n) is 10.2. The maximum Gasteiger partial charge on any atom is 0.330 e. The molecule has 1 rings (SSSR count). The monoisotopic (exact) mass is 238 g/mol. The van der Waals surface area contributed by atoms with Crippen molar-refractivity contribution in [3.63, 3.8) is 0 Å². The fourth-order valence-corrected chi connectivity index (χ4v) is 1.38. The van der Waals surface area contributed by atoms with E-state index in [2.05, 4.69) is 4.74 Å². The lowest BCUT2D eigenvalue weighted by molar-refractivity contribution is -0.134. The van der Waals surface area contributed by atoms with Crippen LogP contribution in [0.4, 0.5) is 0 Å². The summed E-state index contributed by atoms with van der Waals surface area (Å²) in [7, 11) is 4.20. The lowest BCUT2D eigenvalue weighted by Gasteiger charge is -2.08. The molecule has 0 aromatic carbocycles. The standard InChI is InChI=1S/C11H14N2O4/c1-7-8(5-6-9(14)17-4)10(15)13(3)11(16)12(7)2/h5-6H,1-4H3/b6-5+. The Morgan fingerprint density at radius 2 is 1.82 bits per heavy atom. The summed E-state index contributed by atoms with van der Waals surface area (Å²) >= 11 is 0. The van der Waals surface area contributed by atoms with Crippen LogP contribution in [0.5, 0.6) is 0 Å². The van der Waals surface area contributed by atoms with Gasteiger partial charge in [0.15, 0.2) is 0 Å². The Bertz CT molecular complexity index is 593. The maximum atomic E-state index is 11.8. The van der Waals surface area contributed by atoms with E-state index >= 15 is 0 Å². The zero-order chi connectivity index (χ0) is 13.2. The van der Waals surface area contributed by atoms with Crippen LogP contribution in [0.1, 0.15) is 11.3 Å². The molecule has 0 aliphatic carbocycles. The van der Waals surface area contributed by atoms with Gasteiger partial charge in [0.1, 0.15) is 0 Å². The highest BCUT2D eigenvalue weighted by Crippen LogP contribution is 2.01. The molecule has 0 amide bonds. The van der Waals surface area contributed by atoms with Crippen molar-refractivity contribution < 1.29 is 9.53 Å². The Hall–Kier alpha value is -2.11. The normalized spacial score (nSPS) is 10.8. The number of hydrogen-bond acceptors (Lipinski definition) is 4. The lowest BCUT2D eigenvalue weighted by atomic mass is 10.2. The van der Waals surface area contributed by atoms with Gasteiger partial charge in [-0.1, -0.05) is 0 Å². The number of rotatable bonds is 2. The van der Waals surface area contributed by atoms with E-state index in [-0.39, 0.29) is 0 Å². The molecule has 0 spiro atoms. The molecule has 0 bridgehead atoms. The number of aromatic nitrogens is 2. The third-order valence-electron chi connectivity index (χ3n) is 2.59. The fraction of sp³-hybridized carbons (Fsp3) is 0.364. The molecule has 1 aromatic rings. The van der Waals surface area contributed by atoms with Crippen molar-refractivity contribution in [2.24, 2.45) is 14.1 Å². The van der Waals surface area contributed by atoms with Gasteiger partial charge < -0.3 is 9.30 Å². The number of ether oxygens (including phenoxy) is 1. The summed E-state index contributed by atoms with van der Waals surface area (Å²) in [6.45, 7) is 1.64. The van der Waals surface area contributed by atoms with Crippen LogP contribution in [0, 0.1) is 6.92 Å². The number of hydrogen-bond donors (Lipinski definition) is 0. The number of carbonyl (C=O) groups is 1. The molecule has 1 aromatic heterocycles. The Morgan fingerprint density at radius 3 is 2.35 bits per heavy atom. The highest BCUT2D eigenvalue weighted by molar-refractivity contribution is 5.87. The van der Waals surface area contributed by atoms with E-state index in [1.165, 1.54) is 24.8 Å². The Balaban J connectivity index is 3.46. The van der Waals surface area contributed by atoms with Crippen LogP contribution >= 0.6 is 0 Å². The van der Waals surface area contributed by atoms with Gasteiger partial charge >= 0.3 is 11.7 Å². The van der Waals surface area contributed by atoms with E-state index in [1.807, 2.05) is 0 Å². The van der Waals surface area contributed by atoms with Crippen molar-refractivity contribution >= 4 is 12.0 Å². The third kappa shape index (κ3) is 2.35. The van der Waals surface area contributed by atoms with E-state index in [1.54, 1.807) is 14.0 Å². The van der Waals surface area contributed by atoms with Gasteiger partial charge in [-0.2, -0.15) is 0 Å². The molecule has 0 aliphatic rings. The molecule has 0 radical (unpaired) electrons. The summed E-state index contributed by atoms with van der Waals surface area (Å²) in [5.74, 6) is -0.555. The molecule has 6 nitrogen and oxygen atoms in total. The first kappa shape index (κ1) is 13.0. The van der Waals surface area contributed by atoms with Gasteiger partial charge in [-0.05, 0) is 13.0 Å². The van der Waals surface area contributed by atoms with Gasteiger partial charge in [-0.25, -0.2) is 9.59 Å². The van der Waals surface area contributed by atoms with Crippen LogP contribution in [0.3, 0.4) is 0 Å². The first-order valence-corrected chi connectivity index (χ1v) is 4.92. The number of nitrogens with zero attached hydrogens (tertiary/aromatic N) is 2. The summed E-state index contributed by atoms with van der Waals surface area (Å²) in [4.78, 5) is 34.3. The van der Waals surface area contributed by atoms with E-state index in [9.17, 15) is 14.4 Å². The molecular formula is C11H14N2O4. The minimum atomic E-state index is -0.555. The first-order chi connectivity index (χ1) is 7.90. The SMILES string of the molecule is COC(=O)/C=C/c1c(C)n(C)c(=O)n(C)c1=O. The zero-order valence-corrected chi connectivity index (χ0v) is 10.2. The quantitative estimate of drug-likeness (QED) is 0.518. The molecule has 0 saturated carbocycles. The smallest absolute Gasteiger partial charge is 0.330 e. The Kier molecular flexibility index (Phi) is 3.67. The second-order valence-electron chi connectivity index (χ2n) is 3.56. The number of esters is 1. The van der Waals surface area contributed by atoms with E-state index in [0.29, 0.717) is 11.3 Å². The topological polar surface area (TPSA) is 70.3 Å². The molecule has 0 fully saturated rings. The van der Waals surface area contributed by atoms with Crippen LogP contribution in [-0.2, 0) is 23.6 Å². The van der Waals surface area contributed by atoms with E-state index in [0.717, 1.165) is 10.6 Å². The van der Waals surface area contributed by atoms with Gasteiger partial charge in [0.25, 0.3) is 5.56 Å². The molecular weight excluding hydrogens is 224 g/mol. The molecule has 1 heterocycles. The van der Waals surface area contributed by atoms with Gasteiger partial charge in [-0.15, -0.1) is 0 Å². The Labute approximate surface area is 97.8 Å². The predicted molar refractivity (Wildman–Crippen MR) is 62.7 cm³/mol. The van der Waals surface area contributed by atoms with Gasteiger partial charge in [0.2, 0.25) is 0 Å². The summed E-state index contributed by atoms with van der Waals surface area (Å²) in [6.07, 6.45) is 2.50. The van der Waals surface area contributed by atoms with Crippen molar-refractivity contribution in [1.82, 2.24) is 9.13 Å². The van der Waals surface area contributed by atoms with E-state index < -0.39 is 17.2 Å². The van der Waals surface area contributed by atoms with Crippen LogP contribution in [0.15, 0.2) is 15.7 Å². The second kappa shape index (κ2) is 4.82. The highest BCUT2D eigenvalue weighted by Gasteiger charge is 2.09. The minimum absolute atomic E-state index is 0.292. The highest BCUT2D eigenvalue weighted by atomic mass is 16.5. The van der Waals surface area contributed by atoms with Crippen molar-refractivity contribution in [2.75, 3.05) is 7.11 Å². The molecule has 0 aliphatic heterocycles. The summed E-state index contributed by atoms with van der Waals surface area (Å²) < 4.78 is 6.77. The Morgan fingerprint density at radius 1 is 1.24 bits per heavy atom. The second-order valence-corrected chi connectivity index (χ2v) is 3.56. The summed E-state index contributed by atoms with van der Waals surface area (Å²) in [5.41, 5.74) is -0.0493.